The highest BCUT2D eigenvalue weighted by Gasteiger charge is 2.08. The van der Waals surface area contributed by atoms with E-state index < -0.39 is 0 Å². The Morgan fingerprint density at radius 2 is 2.12 bits per heavy atom. The maximum atomic E-state index is 12.1. The van der Waals surface area contributed by atoms with Gasteiger partial charge >= 0.3 is 0 Å². The SMILES string of the molecule is Cc1ccn2cc(CC(=O)NCCc3nc4ccccc4[nH]3)nc2c1. The Kier molecular flexibility index (Phi) is 3.93. The Bertz CT molecular complexity index is 1010. The molecule has 25 heavy (non-hydrogen) atoms. The van der Waals surface area contributed by atoms with Gasteiger partial charge in [-0.25, -0.2) is 9.97 Å². The first kappa shape index (κ1) is 15.4. The summed E-state index contributed by atoms with van der Waals surface area (Å²) in [6.07, 6.45) is 4.81. The molecule has 2 N–H and O–H groups in total. The van der Waals surface area contributed by atoms with Gasteiger partial charge in [0.1, 0.15) is 11.5 Å². The van der Waals surface area contributed by atoms with Crippen molar-refractivity contribution in [1.29, 1.82) is 0 Å². The van der Waals surface area contributed by atoms with E-state index in [1.54, 1.807) is 0 Å². The van der Waals surface area contributed by atoms with Crippen LogP contribution in [0.2, 0.25) is 0 Å². The number of hydrogen-bond acceptors (Lipinski definition) is 3. The first-order chi connectivity index (χ1) is 12.2. The zero-order valence-electron chi connectivity index (χ0n) is 14.0. The van der Waals surface area contributed by atoms with E-state index in [9.17, 15) is 4.79 Å². The van der Waals surface area contributed by atoms with E-state index in [4.69, 9.17) is 0 Å². The average Bonchev–Trinajstić information content (AvgIpc) is 3.17. The van der Waals surface area contributed by atoms with Crippen LogP contribution in [0.25, 0.3) is 16.7 Å². The second-order valence-electron chi connectivity index (χ2n) is 6.18. The fourth-order valence-corrected chi connectivity index (χ4v) is 2.89. The number of carbonyl (C=O) groups is 1. The summed E-state index contributed by atoms with van der Waals surface area (Å²) in [4.78, 5) is 24.4. The van der Waals surface area contributed by atoms with Gasteiger partial charge < -0.3 is 14.7 Å². The fourth-order valence-electron chi connectivity index (χ4n) is 2.89. The Morgan fingerprint density at radius 1 is 1.24 bits per heavy atom. The van der Waals surface area contributed by atoms with Crippen molar-refractivity contribution in [2.24, 2.45) is 0 Å². The molecule has 6 heteroatoms. The maximum Gasteiger partial charge on any atom is 0.226 e. The lowest BCUT2D eigenvalue weighted by Crippen LogP contribution is -2.27. The van der Waals surface area contributed by atoms with E-state index in [0.29, 0.717) is 13.0 Å². The molecule has 0 radical (unpaired) electrons. The number of aryl methyl sites for hydroxylation is 1. The summed E-state index contributed by atoms with van der Waals surface area (Å²) < 4.78 is 1.93. The average molecular weight is 333 g/mol. The van der Waals surface area contributed by atoms with Crippen molar-refractivity contribution in [2.45, 2.75) is 19.8 Å². The van der Waals surface area contributed by atoms with Crippen molar-refractivity contribution in [3.05, 3.63) is 65.9 Å². The van der Waals surface area contributed by atoms with Crippen molar-refractivity contribution < 1.29 is 4.79 Å². The number of pyridine rings is 1. The van der Waals surface area contributed by atoms with Crippen LogP contribution in [0, 0.1) is 6.92 Å². The van der Waals surface area contributed by atoms with Crippen LogP contribution < -0.4 is 5.32 Å². The first-order valence-corrected chi connectivity index (χ1v) is 8.32. The maximum absolute atomic E-state index is 12.1. The third kappa shape index (κ3) is 3.38. The van der Waals surface area contributed by atoms with Crippen LogP contribution in [-0.4, -0.2) is 31.8 Å². The number of aromatic nitrogens is 4. The molecule has 0 atom stereocenters. The standard InChI is InChI=1S/C19H19N5O/c1-13-7-9-24-12-14(21-18(24)10-13)11-19(25)20-8-6-17-22-15-4-2-3-5-16(15)23-17/h2-5,7,9-10,12H,6,8,11H2,1H3,(H,20,25)(H,22,23). The molecule has 0 aliphatic heterocycles. The van der Waals surface area contributed by atoms with Crippen LogP contribution in [0.1, 0.15) is 17.1 Å². The van der Waals surface area contributed by atoms with Crippen LogP contribution >= 0.6 is 0 Å². The predicted octanol–water partition coefficient (Wildman–Crippen LogP) is 2.42. The van der Waals surface area contributed by atoms with Gasteiger partial charge in [-0.3, -0.25) is 4.79 Å². The molecule has 0 saturated carbocycles. The minimum atomic E-state index is -0.0313. The molecule has 0 fully saturated rings. The van der Waals surface area contributed by atoms with Crippen LogP contribution in [0.15, 0.2) is 48.8 Å². The van der Waals surface area contributed by atoms with Crippen molar-refractivity contribution >= 4 is 22.6 Å². The van der Waals surface area contributed by atoms with Crippen molar-refractivity contribution in [3.63, 3.8) is 0 Å². The topological polar surface area (TPSA) is 75.1 Å². The number of imidazole rings is 2. The molecule has 0 saturated heterocycles. The third-order valence-electron chi connectivity index (χ3n) is 4.13. The zero-order valence-corrected chi connectivity index (χ0v) is 14.0. The number of para-hydroxylation sites is 2. The minimum Gasteiger partial charge on any atom is -0.355 e. The van der Waals surface area contributed by atoms with Gasteiger partial charge in [0.25, 0.3) is 0 Å². The molecule has 6 nitrogen and oxygen atoms in total. The highest BCUT2D eigenvalue weighted by atomic mass is 16.1. The number of nitrogens with zero attached hydrogens (tertiary/aromatic N) is 3. The molecule has 0 aliphatic carbocycles. The van der Waals surface area contributed by atoms with Crippen LogP contribution in [-0.2, 0) is 17.6 Å². The number of hydrogen-bond donors (Lipinski definition) is 2. The summed E-state index contributed by atoms with van der Waals surface area (Å²) in [6, 6.07) is 11.9. The number of nitrogens with one attached hydrogen (secondary N) is 2. The second-order valence-corrected chi connectivity index (χ2v) is 6.18. The Hall–Kier alpha value is -3.15. The monoisotopic (exact) mass is 333 g/mol. The van der Waals surface area contributed by atoms with Gasteiger partial charge in [-0.1, -0.05) is 12.1 Å². The smallest absolute Gasteiger partial charge is 0.226 e. The molecule has 0 unspecified atom stereocenters. The molecule has 0 spiro atoms. The Labute approximate surface area is 144 Å². The number of benzene rings is 1. The van der Waals surface area contributed by atoms with Gasteiger partial charge in [-0.05, 0) is 36.8 Å². The van der Waals surface area contributed by atoms with Crippen molar-refractivity contribution in [1.82, 2.24) is 24.7 Å². The molecule has 0 bridgehead atoms. The van der Waals surface area contributed by atoms with E-state index in [1.165, 1.54) is 0 Å². The molecule has 4 aromatic rings. The third-order valence-corrected chi connectivity index (χ3v) is 4.13. The van der Waals surface area contributed by atoms with Gasteiger partial charge in [0.05, 0.1) is 23.1 Å². The number of carbonyl (C=O) groups excluding carboxylic acids is 1. The zero-order chi connectivity index (χ0) is 17.2. The molecule has 3 heterocycles. The number of rotatable bonds is 5. The largest absolute Gasteiger partial charge is 0.355 e. The molecule has 1 amide bonds. The predicted molar refractivity (Wildman–Crippen MR) is 96.4 cm³/mol. The molecule has 4 rings (SSSR count). The molecule has 3 aromatic heterocycles. The fraction of sp³-hybridized carbons (Fsp3) is 0.211. The number of fused-ring (bicyclic) bond motifs is 2. The highest BCUT2D eigenvalue weighted by molar-refractivity contribution is 5.78. The summed E-state index contributed by atoms with van der Waals surface area (Å²) in [6.45, 7) is 2.57. The lowest BCUT2D eigenvalue weighted by molar-refractivity contribution is -0.120. The first-order valence-electron chi connectivity index (χ1n) is 8.32. The van der Waals surface area contributed by atoms with Crippen molar-refractivity contribution in [2.75, 3.05) is 6.54 Å². The molecular formula is C19H19N5O. The summed E-state index contributed by atoms with van der Waals surface area (Å²) in [7, 11) is 0. The number of H-pyrrole nitrogens is 1. The van der Waals surface area contributed by atoms with E-state index in [1.807, 2.05) is 60.1 Å². The van der Waals surface area contributed by atoms with Crippen LogP contribution in [0.3, 0.4) is 0 Å². The second kappa shape index (κ2) is 6.39. The van der Waals surface area contributed by atoms with Crippen molar-refractivity contribution in [3.8, 4) is 0 Å². The van der Waals surface area contributed by atoms with Gasteiger partial charge in [-0.15, -0.1) is 0 Å². The molecule has 1 aromatic carbocycles. The van der Waals surface area contributed by atoms with Crippen LogP contribution in [0.4, 0.5) is 0 Å². The van der Waals surface area contributed by atoms with E-state index >= 15 is 0 Å². The van der Waals surface area contributed by atoms with Gasteiger partial charge in [0.15, 0.2) is 0 Å². The molecule has 126 valence electrons. The van der Waals surface area contributed by atoms with Gasteiger partial charge in [0.2, 0.25) is 5.91 Å². The molecule has 0 aliphatic rings. The summed E-state index contributed by atoms with van der Waals surface area (Å²) in [5, 5.41) is 2.93. The quantitative estimate of drug-likeness (QED) is 0.589. The summed E-state index contributed by atoms with van der Waals surface area (Å²) in [5.74, 6) is 0.848. The molecular weight excluding hydrogens is 314 g/mol. The lowest BCUT2D eigenvalue weighted by Gasteiger charge is -2.02. The summed E-state index contributed by atoms with van der Waals surface area (Å²) >= 11 is 0. The lowest BCUT2D eigenvalue weighted by atomic mass is 10.3. The van der Waals surface area contributed by atoms with Gasteiger partial charge in [-0.2, -0.15) is 0 Å². The normalized spacial score (nSPS) is 11.2. The van der Waals surface area contributed by atoms with E-state index in [-0.39, 0.29) is 12.3 Å². The Balaban J connectivity index is 1.33. The Morgan fingerprint density at radius 3 is 3.00 bits per heavy atom. The van der Waals surface area contributed by atoms with Gasteiger partial charge in [0, 0.05) is 25.4 Å². The number of amides is 1. The summed E-state index contributed by atoms with van der Waals surface area (Å²) in [5.41, 5.74) is 4.75. The highest BCUT2D eigenvalue weighted by Crippen LogP contribution is 2.10. The van der Waals surface area contributed by atoms with E-state index in [0.717, 1.165) is 33.8 Å². The van der Waals surface area contributed by atoms with Crippen LogP contribution in [0.5, 0.6) is 0 Å². The van der Waals surface area contributed by atoms with E-state index in [2.05, 4.69) is 20.3 Å². The minimum absolute atomic E-state index is 0.0313. The number of aromatic amines is 1.